The van der Waals surface area contributed by atoms with Crippen LogP contribution in [-0.4, -0.2) is 72.6 Å². The molecule has 1 unspecified atom stereocenters. The molecule has 0 radical (unpaired) electrons. The Morgan fingerprint density at radius 2 is 1.78 bits per heavy atom. The van der Waals surface area contributed by atoms with Crippen LogP contribution in [0.3, 0.4) is 0 Å². The summed E-state index contributed by atoms with van der Waals surface area (Å²) in [6.07, 6.45) is 1.55. The predicted octanol–water partition coefficient (Wildman–Crippen LogP) is 4.93. The van der Waals surface area contributed by atoms with Gasteiger partial charge in [-0.3, -0.25) is 14.5 Å². The van der Waals surface area contributed by atoms with Gasteiger partial charge < -0.3 is 19.5 Å². The number of nitrogens with zero attached hydrogens (tertiary/aromatic N) is 2. The van der Waals surface area contributed by atoms with E-state index in [4.69, 9.17) is 32.7 Å². The highest BCUT2D eigenvalue weighted by atomic mass is 35.5. The summed E-state index contributed by atoms with van der Waals surface area (Å²) < 4.78 is 11.0. The first-order chi connectivity index (χ1) is 17.4. The lowest BCUT2D eigenvalue weighted by molar-refractivity contribution is -0.140. The van der Waals surface area contributed by atoms with Crippen molar-refractivity contribution < 1.29 is 24.2 Å². The Hall–Kier alpha value is -2.58. The fourth-order valence-corrected chi connectivity index (χ4v) is 4.82. The molecule has 0 saturated carbocycles. The standard InChI is InChI=1S/C27H30Cl2N2O5/c1-2-14-36-20-7-4-18(5-8-20)25(32)23-24(19-6-9-21(28)22(29)17-19)31(27(34)26(23)33)11-3-10-30-12-15-35-16-13-30/h4-9,17,24,32H,2-3,10-16H2,1H3/b25-23+. The van der Waals surface area contributed by atoms with Gasteiger partial charge in [-0.05, 0) is 54.8 Å². The van der Waals surface area contributed by atoms with Crippen LogP contribution in [0.25, 0.3) is 5.76 Å². The molecular formula is C27H30Cl2N2O5. The molecule has 2 heterocycles. The summed E-state index contributed by atoms with van der Waals surface area (Å²) in [7, 11) is 0. The van der Waals surface area contributed by atoms with Gasteiger partial charge in [0.25, 0.3) is 11.7 Å². The summed E-state index contributed by atoms with van der Waals surface area (Å²) in [5.74, 6) is -0.932. The van der Waals surface area contributed by atoms with Crippen molar-refractivity contribution in [1.82, 2.24) is 9.80 Å². The summed E-state index contributed by atoms with van der Waals surface area (Å²) in [4.78, 5) is 30.2. The molecule has 0 aromatic heterocycles. The number of aliphatic hydroxyl groups is 1. The van der Waals surface area contributed by atoms with Crippen molar-refractivity contribution in [3.63, 3.8) is 0 Å². The molecule has 2 aliphatic heterocycles. The van der Waals surface area contributed by atoms with Crippen LogP contribution >= 0.6 is 23.2 Å². The highest BCUT2D eigenvalue weighted by molar-refractivity contribution is 6.46. The van der Waals surface area contributed by atoms with Gasteiger partial charge in [0.1, 0.15) is 11.5 Å². The average molecular weight is 533 g/mol. The molecule has 36 heavy (non-hydrogen) atoms. The van der Waals surface area contributed by atoms with Gasteiger partial charge in [0.15, 0.2) is 0 Å². The lowest BCUT2D eigenvalue weighted by Gasteiger charge is -2.29. The summed E-state index contributed by atoms with van der Waals surface area (Å²) in [6, 6.07) is 11.1. The number of hydrogen-bond acceptors (Lipinski definition) is 6. The summed E-state index contributed by atoms with van der Waals surface area (Å²) in [6.45, 7) is 6.79. The smallest absolute Gasteiger partial charge is 0.295 e. The predicted molar refractivity (Wildman–Crippen MR) is 140 cm³/mol. The van der Waals surface area contributed by atoms with E-state index in [1.165, 1.54) is 4.90 Å². The van der Waals surface area contributed by atoms with E-state index in [-0.39, 0.29) is 11.3 Å². The second-order valence-electron chi connectivity index (χ2n) is 8.85. The van der Waals surface area contributed by atoms with E-state index in [0.717, 1.165) is 26.1 Å². The topological polar surface area (TPSA) is 79.3 Å². The molecule has 0 spiro atoms. The zero-order chi connectivity index (χ0) is 25.7. The van der Waals surface area contributed by atoms with Gasteiger partial charge in [-0.15, -0.1) is 0 Å². The summed E-state index contributed by atoms with van der Waals surface area (Å²) in [5, 5.41) is 11.9. The Labute approximate surface area is 221 Å². The van der Waals surface area contributed by atoms with Gasteiger partial charge in [0, 0.05) is 31.7 Å². The van der Waals surface area contributed by atoms with E-state index in [1.54, 1.807) is 42.5 Å². The van der Waals surface area contributed by atoms with E-state index in [1.807, 2.05) is 6.92 Å². The first-order valence-electron chi connectivity index (χ1n) is 12.2. The van der Waals surface area contributed by atoms with Gasteiger partial charge in [-0.1, -0.05) is 36.2 Å². The van der Waals surface area contributed by atoms with Crippen LogP contribution in [-0.2, 0) is 14.3 Å². The molecule has 2 aliphatic rings. The number of aliphatic hydroxyl groups excluding tert-OH is 1. The Bertz CT molecular complexity index is 1130. The van der Waals surface area contributed by atoms with Crippen LogP contribution in [0.1, 0.15) is 36.9 Å². The lowest BCUT2D eigenvalue weighted by atomic mass is 9.95. The number of ether oxygens (including phenoxy) is 2. The van der Waals surface area contributed by atoms with Crippen LogP contribution in [0.4, 0.5) is 0 Å². The van der Waals surface area contributed by atoms with Crippen LogP contribution in [0.2, 0.25) is 10.0 Å². The number of halogens is 2. The number of likely N-dealkylation sites (tertiary alicyclic amines) is 1. The molecule has 9 heteroatoms. The number of morpholine rings is 1. The normalized spacial score (nSPS) is 20.2. The van der Waals surface area contributed by atoms with E-state index in [2.05, 4.69) is 4.90 Å². The fraction of sp³-hybridized carbons (Fsp3) is 0.407. The largest absolute Gasteiger partial charge is 0.507 e. The molecule has 192 valence electrons. The third kappa shape index (κ3) is 5.86. The van der Waals surface area contributed by atoms with Crippen molar-refractivity contribution in [1.29, 1.82) is 0 Å². The van der Waals surface area contributed by atoms with Crippen LogP contribution in [0.5, 0.6) is 5.75 Å². The molecule has 2 aromatic carbocycles. The van der Waals surface area contributed by atoms with E-state index in [9.17, 15) is 14.7 Å². The zero-order valence-corrected chi connectivity index (χ0v) is 21.7. The maximum atomic E-state index is 13.2. The van der Waals surface area contributed by atoms with Crippen molar-refractivity contribution >= 4 is 40.7 Å². The average Bonchev–Trinajstić information content (AvgIpc) is 3.14. The van der Waals surface area contributed by atoms with Crippen molar-refractivity contribution in [3.8, 4) is 5.75 Å². The highest BCUT2D eigenvalue weighted by Gasteiger charge is 2.46. The van der Waals surface area contributed by atoms with Crippen molar-refractivity contribution in [3.05, 3.63) is 69.2 Å². The number of carbonyl (C=O) groups is 2. The van der Waals surface area contributed by atoms with E-state index >= 15 is 0 Å². The number of hydrogen-bond donors (Lipinski definition) is 1. The Morgan fingerprint density at radius 3 is 2.44 bits per heavy atom. The van der Waals surface area contributed by atoms with Gasteiger partial charge in [0.2, 0.25) is 0 Å². The Kier molecular flexibility index (Phi) is 8.90. The molecule has 2 saturated heterocycles. The maximum absolute atomic E-state index is 13.2. The number of Topliss-reactive ketones (excluding diaryl/α,β-unsaturated/α-hetero) is 1. The maximum Gasteiger partial charge on any atom is 0.295 e. The van der Waals surface area contributed by atoms with Crippen LogP contribution in [0, 0.1) is 0 Å². The zero-order valence-electron chi connectivity index (χ0n) is 20.2. The molecule has 0 bridgehead atoms. The van der Waals surface area contributed by atoms with Gasteiger partial charge in [-0.2, -0.15) is 0 Å². The lowest BCUT2D eigenvalue weighted by Crippen LogP contribution is -2.38. The summed E-state index contributed by atoms with van der Waals surface area (Å²) in [5.41, 5.74) is 1.07. The number of ketones is 1. The Balaban J connectivity index is 1.66. The van der Waals surface area contributed by atoms with E-state index in [0.29, 0.717) is 59.7 Å². The molecule has 1 atom stereocenters. The monoisotopic (exact) mass is 532 g/mol. The molecular weight excluding hydrogens is 503 g/mol. The minimum absolute atomic E-state index is 0.0342. The molecule has 2 fully saturated rings. The summed E-state index contributed by atoms with van der Waals surface area (Å²) >= 11 is 12.4. The van der Waals surface area contributed by atoms with Gasteiger partial charge in [-0.25, -0.2) is 0 Å². The highest BCUT2D eigenvalue weighted by Crippen LogP contribution is 2.41. The van der Waals surface area contributed by atoms with Crippen molar-refractivity contribution in [2.75, 3.05) is 46.0 Å². The van der Waals surface area contributed by atoms with E-state index < -0.39 is 17.7 Å². The second-order valence-corrected chi connectivity index (χ2v) is 9.66. The molecule has 4 rings (SSSR count). The molecule has 1 amide bonds. The quantitative estimate of drug-likeness (QED) is 0.280. The SMILES string of the molecule is CCCOc1ccc(/C(O)=C2\C(=O)C(=O)N(CCCN3CCOCC3)C2c2ccc(Cl)c(Cl)c2)cc1. The minimum atomic E-state index is -0.777. The van der Waals surface area contributed by atoms with Crippen molar-refractivity contribution in [2.24, 2.45) is 0 Å². The molecule has 0 aliphatic carbocycles. The first kappa shape index (κ1) is 26.5. The van der Waals surface area contributed by atoms with Crippen LogP contribution < -0.4 is 4.74 Å². The van der Waals surface area contributed by atoms with Gasteiger partial charge >= 0.3 is 0 Å². The third-order valence-corrected chi connectivity index (χ3v) is 7.12. The third-order valence-electron chi connectivity index (χ3n) is 6.38. The Morgan fingerprint density at radius 1 is 1.06 bits per heavy atom. The fourth-order valence-electron chi connectivity index (χ4n) is 4.51. The van der Waals surface area contributed by atoms with Gasteiger partial charge in [0.05, 0.1) is 41.5 Å². The second kappa shape index (κ2) is 12.1. The number of amides is 1. The van der Waals surface area contributed by atoms with Crippen LogP contribution in [0.15, 0.2) is 48.0 Å². The number of rotatable bonds is 9. The molecule has 2 aromatic rings. The molecule has 1 N–H and O–H groups in total. The number of carbonyl (C=O) groups excluding carboxylic acids is 2. The molecule has 7 nitrogen and oxygen atoms in total. The van der Waals surface area contributed by atoms with Crippen molar-refractivity contribution in [2.45, 2.75) is 25.8 Å². The number of benzene rings is 2. The first-order valence-corrected chi connectivity index (χ1v) is 12.9. The minimum Gasteiger partial charge on any atom is -0.507 e.